The molecule has 1 aromatic carbocycles. The Hall–Kier alpha value is -1.82. The number of carbonyl (C=O) groups excluding carboxylic acids is 1. The van der Waals surface area contributed by atoms with Crippen molar-refractivity contribution in [1.29, 1.82) is 0 Å². The molecule has 0 bridgehead atoms. The lowest BCUT2D eigenvalue weighted by atomic mass is 10.1. The third-order valence-electron chi connectivity index (χ3n) is 3.74. The minimum atomic E-state index is -0.427. The largest absolute Gasteiger partial charge is 0.366 e. The second-order valence-corrected chi connectivity index (χ2v) is 6.18. The molecule has 0 spiro atoms. The van der Waals surface area contributed by atoms with Crippen molar-refractivity contribution in [2.24, 2.45) is 5.92 Å². The molecule has 0 aromatic heterocycles. The van der Waals surface area contributed by atoms with Gasteiger partial charge in [-0.15, -0.1) is 0 Å². The molecule has 1 aliphatic rings. The number of nitrogens with one attached hydrogen (secondary N) is 1. The van der Waals surface area contributed by atoms with Crippen molar-refractivity contribution in [2.75, 3.05) is 23.3 Å². The maximum absolute atomic E-state index is 11.9. The van der Waals surface area contributed by atoms with Crippen molar-refractivity contribution in [3.05, 3.63) is 27.3 Å². The molecule has 0 saturated carbocycles. The van der Waals surface area contributed by atoms with Gasteiger partial charge in [-0.1, -0.05) is 25.4 Å². The molecule has 1 fully saturated rings. The van der Waals surface area contributed by atoms with Gasteiger partial charge in [-0.3, -0.25) is 14.9 Å². The summed E-state index contributed by atoms with van der Waals surface area (Å²) in [6, 6.07) is 2.94. The van der Waals surface area contributed by atoms with Crippen LogP contribution in [0.25, 0.3) is 0 Å². The first-order chi connectivity index (χ1) is 10.4. The molecular formula is C15H20ClN3O3. The van der Waals surface area contributed by atoms with Gasteiger partial charge < -0.3 is 10.2 Å². The van der Waals surface area contributed by atoms with Gasteiger partial charge in [-0.25, -0.2) is 0 Å². The third kappa shape index (κ3) is 3.68. The van der Waals surface area contributed by atoms with Crippen LogP contribution in [-0.4, -0.2) is 23.9 Å². The minimum Gasteiger partial charge on any atom is -0.366 e. The van der Waals surface area contributed by atoms with Crippen LogP contribution < -0.4 is 10.2 Å². The Labute approximate surface area is 134 Å². The first-order valence-electron chi connectivity index (χ1n) is 7.44. The first kappa shape index (κ1) is 16.5. The number of benzene rings is 1. The lowest BCUT2D eigenvalue weighted by molar-refractivity contribution is -0.384. The molecule has 120 valence electrons. The predicted octanol–water partition coefficient (Wildman–Crippen LogP) is 3.83. The Balaban J connectivity index is 2.39. The van der Waals surface area contributed by atoms with Crippen LogP contribution in [0.4, 0.5) is 17.1 Å². The molecule has 1 amide bonds. The van der Waals surface area contributed by atoms with Gasteiger partial charge in [0.25, 0.3) is 5.69 Å². The Morgan fingerprint density at radius 2 is 1.95 bits per heavy atom. The topological polar surface area (TPSA) is 75.5 Å². The Kier molecular flexibility index (Phi) is 5.24. The van der Waals surface area contributed by atoms with Crippen LogP contribution >= 0.6 is 11.6 Å². The van der Waals surface area contributed by atoms with E-state index in [1.807, 2.05) is 4.90 Å². The highest BCUT2D eigenvalue weighted by atomic mass is 35.5. The summed E-state index contributed by atoms with van der Waals surface area (Å²) in [5.41, 5.74) is 0.925. The average Bonchev–Trinajstić information content (AvgIpc) is 2.49. The normalized spacial score (nSPS) is 15.0. The molecule has 0 radical (unpaired) electrons. The summed E-state index contributed by atoms with van der Waals surface area (Å²) >= 11 is 6.10. The number of nitro benzene ring substituents is 1. The van der Waals surface area contributed by atoms with E-state index in [4.69, 9.17) is 11.6 Å². The predicted molar refractivity (Wildman–Crippen MR) is 87.6 cm³/mol. The van der Waals surface area contributed by atoms with Crippen molar-refractivity contribution in [1.82, 2.24) is 0 Å². The van der Waals surface area contributed by atoms with Crippen molar-refractivity contribution >= 4 is 34.6 Å². The fourth-order valence-corrected chi connectivity index (χ4v) is 2.66. The van der Waals surface area contributed by atoms with Gasteiger partial charge in [0.2, 0.25) is 5.91 Å². The molecule has 1 aromatic rings. The van der Waals surface area contributed by atoms with Gasteiger partial charge in [0.1, 0.15) is 5.69 Å². The maximum atomic E-state index is 11.9. The van der Waals surface area contributed by atoms with E-state index >= 15 is 0 Å². The number of hydrogen-bond donors (Lipinski definition) is 1. The number of nitrogens with zero attached hydrogens (tertiary/aromatic N) is 2. The van der Waals surface area contributed by atoms with Crippen LogP contribution in [0.2, 0.25) is 5.02 Å². The molecule has 1 saturated heterocycles. The zero-order chi connectivity index (χ0) is 16.3. The Bertz CT molecular complexity index is 584. The minimum absolute atomic E-state index is 0.0190. The summed E-state index contributed by atoms with van der Waals surface area (Å²) < 4.78 is 0. The fourth-order valence-electron chi connectivity index (χ4n) is 2.46. The monoisotopic (exact) mass is 325 g/mol. The molecule has 22 heavy (non-hydrogen) atoms. The van der Waals surface area contributed by atoms with Crippen LogP contribution in [0.15, 0.2) is 12.1 Å². The van der Waals surface area contributed by atoms with E-state index in [0.717, 1.165) is 32.4 Å². The highest BCUT2D eigenvalue weighted by Crippen LogP contribution is 2.37. The number of anilines is 2. The summed E-state index contributed by atoms with van der Waals surface area (Å²) in [6.07, 6.45) is 3.15. The summed E-state index contributed by atoms with van der Waals surface area (Å²) in [5.74, 6) is -0.356. The van der Waals surface area contributed by atoms with Crippen molar-refractivity contribution in [3.63, 3.8) is 0 Å². The van der Waals surface area contributed by atoms with Gasteiger partial charge >= 0.3 is 0 Å². The van der Waals surface area contributed by atoms with Gasteiger partial charge in [0, 0.05) is 25.1 Å². The number of amides is 1. The Morgan fingerprint density at radius 1 is 1.32 bits per heavy atom. The lowest BCUT2D eigenvalue weighted by Gasteiger charge is -2.29. The summed E-state index contributed by atoms with van der Waals surface area (Å²) in [4.78, 5) is 24.7. The van der Waals surface area contributed by atoms with Crippen LogP contribution in [0.1, 0.15) is 33.1 Å². The number of carbonyl (C=O) groups is 1. The Morgan fingerprint density at radius 3 is 2.50 bits per heavy atom. The standard InChI is InChI=1S/C15H20ClN3O3/c1-10(2)15(20)17-12-9-13(18-6-4-3-5-7-18)14(19(21)22)8-11(12)16/h8-10H,3-7H2,1-2H3,(H,17,20). The summed E-state index contributed by atoms with van der Waals surface area (Å²) in [5, 5.41) is 14.2. The molecule has 6 nitrogen and oxygen atoms in total. The quantitative estimate of drug-likeness (QED) is 0.674. The number of rotatable bonds is 4. The van der Waals surface area contributed by atoms with E-state index in [0.29, 0.717) is 11.4 Å². The fraction of sp³-hybridized carbons (Fsp3) is 0.533. The lowest BCUT2D eigenvalue weighted by Crippen LogP contribution is -2.30. The highest BCUT2D eigenvalue weighted by molar-refractivity contribution is 6.34. The van der Waals surface area contributed by atoms with Crippen molar-refractivity contribution in [3.8, 4) is 0 Å². The van der Waals surface area contributed by atoms with Crippen LogP contribution in [-0.2, 0) is 4.79 Å². The third-order valence-corrected chi connectivity index (χ3v) is 4.05. The molecule has 0 unspecified atom stereocenters. The zero-order valence-corrected chi connectivity index (χ0v) is 13.5. The maximum Gasteiger partial charge on any atom is 0.294 e. The van der Waals surface area contributed by atoms with Crippen LogP contribution in [0.5, 0.6) is 0 Å². The van der Waals surface area contributed by atoms with Gasteiger partial charge in [-0.05, 0) is 25.3 Å². The summed E-state index contributed by atoms with van der Waals surface area (Å²) in [6.45, 7) is 5.11. The average molecular weight is 326 g/mol. The number of piperidine rings is 1. The molecule has 2 rings (SSSR count). The van der Waals surface area contributed by atoms with Gasteiger partial charge in [-0.2, -0.15) is 0 Å². The van der Waals surface area contributed by atoms with E-state index in [1.165, 1.54) is 6.07 Å². The van der Waals surface area contributed by atoms with Crippen LogP contribution in [0.3, 0.4) is 0 Å². The number of nitro groups is 1. The van der Waals surface area contributed by atoms with E-state index in [1.54, 1.807) is 19.9 Å². The molecule has 1 aliphatic heterocycles. The van der Waals surface area contributed by atoms with Crippen molar-refractivity contribution < 1.29 is 9.72 Å². The van der Waals surface area contributed by atoms with E-state index < -0.39 is 4.92 Å². The molecular weight excluding hydrogens is 306 g/mol. The molecule has 7 heteroatoms. The first-order valence-corrected chi connectivity index (χ1v) is 7.81. The van der Waals surface area contributed by atoms with Crippen molar-refractivity contribution in [2.45, 2.75) is 33.1 Å². The highest BCUT2D eigenvalue weighted by Gasteiger charge is 2.24. The number of halogens is 1. The summed E-state index contributed by atoms with van der Waals surface area (Å²) in [7, 11) is 0. The SMILES string of the molecule is CC(C)C(=O)Nc1cc(N2CCCCC2)c([N+](=O)[O-])cc1Cl. The zero-order valence-electron chi connectivity index (χ0n) is 12.8. The second-order valence-electron chi connectivity index (χ2n) is 5.77. The van der Waals surface area contributed by atoms with E-state index in [-0.39, 0.29) is 22.5 Å². The smallest absolute Gasteiger partial charge is 0.294 e. The molecule has 0 aliphatic carbocycles. The molecule has 0 atom stereocenters. The molecule has 1 N–H and O–H groups in total. The van der Waals surface area contributed by atoms with E-state index in [9.17, 15) is 14.9 Å². The van der Waals surface area contributed by atoms with E-state index in [2.05, 4.69) is 5.32 Å². The molecule has 1 heterocycles. The number of hydrogen-bond acceptors (Lipinski definition) is 4. The van der Waals surface area contributed by atoms with Gasteiger partial charge in [0.05, 0.1) is 15.6 Å². The van der Waals surface area contributed by atoms with Gasteiger partial charge in [0.15, 0.2) is 0 Å². The second kappa shape index (κ2) is 6.96. The van der Waals surface area contributed by atoms with Crippen LogP contribution in [0, 0.1) is 16.0 Å².